The van der Waals surface area contributed by atoms with Gasteiger partial charge in [0.2, 0.25) is 0 Å². The molecule has 0 radical (unpaired) electrons. The first-order chi connectivity index (χ1) is 7.01. The molecule has 1 rings (SSSR count). The lowest BCUT2D eigenvalue weighted by atomic mass is 9.63. The van der Waals surface area contributed by atoms with Gasteiger partial charge in [-0.2, -0.15) is 0 Å². The quantitative estimate of drug-likeness (QED) is 0.754. The highest BCUT2D eigenvalue weighted by atomic mass is 16.3. The molecule has 0 aromatic carbocycles. The Labute approximate surface area is 94.2 Å². The van der Waals surface area contributed by atoms with Crippen LogP contribution in [0, 0.1) is 11.3 Å². The minimum absolute atomic E-state index is 0.0916. The van der Waals surface area contributed by atoms with Gasteiger partial charge in [-0.3, -0.25) is 0 Å². The summed E-state index contributed by atoms with van der Waals surface area (Å²) in [7, 11) is 0. The smallest absolute Gasteiger partial charge is 0.0713 e. The normalized spacial score (nSPS) is 36.2. The minimum Gasteiger partial charge on any atom is -0.389 e. The summed E-state index contributed by atoms with van der Waals surface area (Å²) in [5, 5.41) is 10.7. The van der Waals surface area contributed by atoms with Crippen molar-refractivity contribution in [1.82, 2.24) is 0 Å². The van der Waals surface area contributed by atoms with Crippen molar-refractivity contribution in [1.29, 1.82) is 0 Å². The molecule has 1 saturated carbocycles. The van der Waals surface area contributed by atoms with Crippen LogP contribution in [-0.4, -0.2) is 17.3 Å². The summed E-state index contributed by atoms with van der Waals surface area (Å²) < 4.78 is 0. The van der Waals surface area contributed by atoms with E-state index in [1.165, 1.54) is 19.3 Å². The maximum Gasteiger partial charge on any atom is 0.0713 e. The second kappa shape index (κ2) is 4.84. The van der Waals surface area contributed by atoms with Crippen molar-refractivity contribution in [2.75, 3.05) is 6.54 Å². The van der Waals surface area contributed by atoms with Crippen LogP contribution in [0.15, 0.2) is 0 Å². The summed E-state index contributed by atoms with van der Waals surface area (Å²) in [5.41, 5.74) is 5.24. The lowest BCUT2D eigenvalue weighted by Crippen LogP contribution is -2.52. The van der Waals surface area contributed by atoms with Crippen molar-refractivity contribution in [3.63, 3.8) is 0 Å². The molecule has 2 heteroatoms. The Kier molecular flexibility index (Phi) is 4.19. The summed E-state index contributed by atoms with van der Waals surface area (Å²) in [4.78, 5) is 0. The number of aliphatic hydroxyl groups is 1. The van der Waals surface area contributed by atoms with Gasteiger partial charge in [-0.05, 0) is 38.0 Å². The number of hydrogen-bond donors (Lipinski definition) is 2. The van der Waals surface area contributed by atoms with Crippen LogP contribution in [0.2, 0.25) is 0 Å². The Hall–Kier alpha value is -0.0800. The van der Waals surface area contributed by atoms with Gasteiger partial charge in [-0.15, -0.1) is 0 Å². The summed E-state index contributed by atoms with van der Waals surface area (Å²) in [6.45, 7) is 7.11. The average molecular weight is 213 g/mol. The number of rotatable bonds is 4. The summed E-state index contributed by atoms with van der Waals surface area (Å²) >= 11 is 0. The van der Waals surface area contributed by atoms with Gasteiger partial charge < -0.3 is 10.8 Å². The van der Waals surface area contributed by atoms with E-state index in [2.05, 4.69) is 20.8 Å². The maximum atomic E-state index is 10.7. The van der Waals surface area contributed by atoms with Gasteiger partial charge in [0, 0.05) is 12.0 Å². The topological polar surface area (TPSA) is 46.2 Å². The Balaban J connectivity index is 2.68. The van der Waals surface area contributed by atoms with E-state index in [1.54, 1.807) is 0 Å². The molecule has 0 amide bonds. The van der Waals surface area contributed by atoms with Gasteiger partial charge in [0.05, 0.1) is 5.60 Å². The lowest BCUT2D eigenvalue weighted by Gasteiger charge is -2.48. The largest absolute Gasteiger partial charge is 0.389 e. The molecule has 0 heterocycles. The van der Waals surface area contributed by atoms with Gasteiger partial charge in [0.15, 0.2) is 0 Å². The van der Waals surface area contributed by atoms with Crippen molar-refractivity contribution >= 4 is 0 Å². The molecule has 15 heavy (non-hydrogen) atoms. The van der Waals surface area contributed by atoms with E-state index in [9.17, 15) is 5.11 Å². The molecule has 0 aliphatic heterocycles. The van der Waals surface area contributed by atoms with Crippen LogP contribution in [-0.2, 0) is 0 Å². The average Bonchev–Trinajstić information content (AvgIpc) is 2.29. The van der Waals surface area contributed by atoms with E-state index in [4.69, 9.17) is 5.73 Å². The van der Waals surface area contributed by atoms with Crippen LogP contribution in [0.4, 0.5) is 0 Å². The summed E-state index contributed by atoms with van der Waals surface area (Å²) in [5.74, 6) is 0.823. The van der Waals surface area contributed by atoms with E-state index in [-0.39, 0.29) is 5.41 Å². The SMILES string of the molecule is CCC1CCC(O)(C(C)(CC)CN)CC1. The number of nitrogens with two attached hydrogens (primary N) is 1. The third-order valence-corrected chi connectivity index (χ3v) is 4.86. The van der Waals surface area contributed by atoms with Crippen LogP contribution in [0.1, 0.15) is 59.3 Å². The van der Waals surface area contributed by atoms with Gasteiger partial charge in [0.1, 0.15) is 0 Å². The molecule has 0 aromatic rings. The Morgan fingerprint density at radius 1 is 1.33 bits per heavy atom. The van der Waals surface area contributed by atoms with Gasteiger partial charge in [-0.1, -0.05) is 27.2 Å². The van der Waals surface area contributed by atoms with E-state index in [0.29, 0.717) is 6.54 Å². The molecular weight excluding hydrogens is 186 g/mol. The molecule has 0 saturated heterocycles. The van der Waals surface area contributed by atoms with Crippen molar-refractivity contribution in [2.24, 2.45) is 17.1 Å². The van der Waals surface area contributed by atoms with Crippen LogP contribution >= 0.6 is 0 Å². The third kappa shape index (κ3) is 2.36. The van der Waals surface area contributed by atoms with Crippen LogP contribution in [0.3, 0.4) is 0 Å². The zero-order valence-electron chi connectivity index (χ0n) is 10.6. The fourth-order valence-corrected chi connectivity index (χ4v) is 2.83. The summed E-state index contributed by atoms with van der Waals surface area (Å²) in [6.07, 6.45) is 6.43. The van der Waals surface area contributed by atoms with Crippen LogP contribution in [0.5, 0.6) is 0 Å². The Morgan fingerprint density at radius 3 is 2.20 bits per heavy atom. The second-order valence-electron chi connectivity index (χ2n) is 5.50. The van der Waals surface area contributed by atoms with Crippen molar-refractivity contribution in [3.05, 3.63) is 0 Å². The molecular formula is C13H27NO. The van der Waals surface area contributed by atoms with E-state index in [1.807, 2.05) is 0 Å². The third-order valence-electron chi connectivity index (χ3n) is 4.86. The molecule has 0 bridgehead atoms. The highest BCUT2D eigenvalue weighted by Gasteiger charge is 2.46. The standard InChI is InChI=1S/C13H27NO/c1-4-11-6-8-13(15,9-7-11)12(3,5-2)10-14/h11,15H,4-10,14H2,1-3H3. The van der Waals surface area contributed by atoms with Crippen LogP contribution < -0.4 is 5.73 Å². The first-order valence-electron chi connectivity index (χ1n) is 6.44. The molecule has 90 valence electrons. The zero-order valence-corrected chi connectivity index (χ0v) is 10.6. The monoisotopic (exact) mass is 213 g/mol. The molecule has 1 aliphatic rings. The fraction of sp³-hybridized carbons (Fsp3) is 1.00. The van der Waals surface area contributed by atoms with Gasteiger partial charge >= 0.3 is 0 Å². The highest BCUT2D eigenvalue weighted by Crippen LogP contribution is 2.45. The lowest BCUT2D eigenvalue weighted by molar-refractivity contribution is -0.107. The Morgan fingerprint density at radius 2 is 1.87 bits per heavy atom. The van der Waals surface area contributed by atoms with Crippen molar-refractivity contribution in [2.45, 2.75) is 64.9 Å². The number of hydrogen-bond acceptors (Lipinski definition) is 2. The van der Waals surface area contributed by atoms with Crippen molar-refractivity contribution < 1.29 is 5.11 Å². The molecule has 1 fully saturated rings. The molecule has 2 nitrogen and oxygen atoms in total. The molecule has 0 aromatic heterocycles. The van der Waals surface area contributed by atoms with Gasteiger partial charge in [-0.25, -0.2) is 0 Å². The second-order valence-corrected chi connectivity index (χ2v) is 5.50. The van der Waals surface area contributed by atoms with Crippen LogP contribution in [0.25, 0.3) is 0 Å². The zero-order chi connectivity index (χ0) is 11.5. The first kappa shape index (κ1) is 13.0. The molecule has 1 unspecified atom stereocenters. The fourth-order valence-electron chi connectivity index (χ4n) is 2.83. The molecule has 1 atom stereocenters. The van der Waals surface area contributed by atoms with E-state index < -0.39 is 5.60 Å². The highest BCUT2D eigenvalue weighted by molar-refractivity contribution is 4.98. The Bertz CT molecular complexity index is 191. The maximum absolute atomic E-state index is 10.7. The van der Waals surface area contributed by atoms with E-state index in [0.717, 1.165) is 25.2 Å². The predicted octanol–water partition coefficient (Wildman–Crippen LogP) is 2.69. The van der Waals surface area contributed by atoms with E-state index >= 15 is 0 Å². The molecule has 0 spiro atoms. The summed E-state index contributed by atoms with van der Waals surface area (Å²) in [6, 6.07) is 0. The predicted molar refractivity (Wildman–Crippen MR) is 64.7 cm³/mol. The van der Waals surface area contributed by atoms with Gasteiger partial charge in [0.25, 0.3) is 0 Å². The minimum atomic E-state index is -0.512. The molecule has 3 N–H and O–H groups in total. The molecule has 1 aliphatic carbocycles. The van der Waals surface area contributed by atoms with Crippen molar-refractivity contribution in [3.8, 4) is 0 Å². The first-order valence-corrected chi connectivity index (χ1v) is 6.44.